The van der Waals surface area contributed by atoms with Gasteiger partial charge < -0.3 is 9.47 Å². The Balaban J connectivity index is 1.42. The van der Waals surface area contributed by atoms with Crippen LogP contribution in [0.15, 0.2) is 36.8 Å². The van der Waals surface area contributed by atoms with E-state index in [1.807, 2.05) is 18.5 Å². The topological polar surface area (TPSA) is 66.8 Å². The number of aryl methyl sites for hydroxylation is 2. The molecule has 0 radical (unpaired) electrons. The Labute approximate surface area is 171 Å². The van der Waals surface area contributed by atoms with Gasteiger partial charge in [0.15, 0.2) is 0 Å². The lowest BCUT2D eigenvalue weighted by atomic mass is 9.92. The maximum Gasteiger partial charge on any atom is 0.256 e. The van der Waals surface area contributed by atoms with Gasteiger partial charge in [-0.15, -0.1) is 0 Å². The van der Waals surface area contributed by atoms with Crippen LogP contribution in [0.25, 0.3) is 0 Å². The van der Waals surface area contributed by atoms with Gasteiger partial charge in [0.2, 0.25) is 0 Å². The SMILES string of the molecule is Cc1cc(C(=O)N(C2CC2)C2CCc3[nH]ncc3C2)c(C)n1Cc1cccnc1. The van der Waals surface area contributed by atoms with E-state index in [-0.39, 0.29) is 11.9 Å². The number of aromatic amines is 1. The van der Waals surface area contributed by atoms with Gasteiger partial charge in [0.25, 0.3) is 5.91 Å². The standard InChI is InChI=1S/C23H27N5O/c1-15-10-21(16(2)27(15)14-17-4-3-9-24-12-17)23(29)28(19-5-6-19)20-7-8-22-18(11-20)13-25-26-22/h3-4,9-10,12-13,19-20H,5-8,11,14H2,1-2H3,(H,25,26). The largest absolute Gasteiger partial charge is 0.344 e. The molecule has 3 aromatic heterocycles. The summed E-state index contributed by atoms with van der Waals surface area (Å²) in [5.74, 6) is 0.190. The Hall–Kier alpha value is -2.89. The summed E-state index contributed by atoms with van der Waals surface area (Å²) in [7, 11) is 0. The summed E-state index contributed by atoms with van der Waals surface area (Å²) in [5, 5.41) is 7.30. The van der Waals surface area contributed by atoms with Gasteiger partial charge in [-0.05, 0) is 69.2 Å². The van der Waals surface area contributed by atoms with Crippen molar-refractivity contribution in [3.63, 3.8) is 0 Å². The summed E-state index contributed by atoms with van der Waals surface area (Å²) in [6.07, 6.45) is 10.7. The molecule has 0 spiro atoms. The zero-order valence-electron chi connectivity index (χ0n) is 17.1. The second kappa shape index (κ2) is 7.17. The van der Waals surface area contributed by atoms with Crippen LogP contribution in [0.2, 0.25) is 0 Å². The van der Waals surface area contributed by atoms with Gasteiger partial charge in [-0.2, -0.15) is 5.10 Å². The first-order valence-corrected chi connectivity index (χ1v) is 10.5. The first-order valence-electron chi connectivity index (χ1n) is 10.5. The number of nitrogens with zero attached hydrogens (tertiary/aromatic N) is 4. The summed E-state index contributed by atoms with van der Waals surface area (Å²) in [4.78, 5) is 20.1. The van der Waals surface area contributed by atoms with Crippen molar-refractivity contribution in [3.8, 4) is 0 Å². The highest BCUT2D eigenvalue weighted by atomic mass is 16.2. The van der Waals surface area contributed by atoms with Gasteiger partial charge >= 0.3 is 0 Å². The van der Waals surface area contributed by atoms with Crippen molar-refractivity contribution >= 4 is 5.91 Å². The van der Waals surface area contributed by atoms with Gasteiger partial charge in [-0.3, -0.25) is 14.9 Å². The molecule has 150 valence electrons. The van der Waals surface area contributed by atoms with E-state index in [1.165, 1.54) is 11.3 Å². The van der Waals surface area contributed by atoms with Crippen molar-refractivity contribution in [2.45, 2.75) is 64.6 Å². The maximum atomic E-state index is 13.7. The van der Waals surface area contributed by atoms with Crippen LogP contribution >= 0.6 is 0 Å². The highest BCUT2D eigenvalue weighted by Gasteiger charge is 2.40. The molecule has 29 heavy (non-hydrogen) atoms. The number of carbonyl (C=O) groups is 1. The van der Waals surface area contributed by atoms with Gasteiger partial charge in [-0.25, -0.2) is 0 Å². The number of H-pyrrole nitrogens is 1. The van der Waals surface area contributed by atoms with Crippen molar-refractivity contribution in [2.75, 3.05) is 0 Å². The molecule has 2 aliphatic carbocycles. The second-order valence-electron chi connectivity index (χ2n) is 8.45. The van der Waals surface area contributed by atoms with Crippen molar-refractivity contribution in [3.05, 3.63) is 70.6 Å². The number of pyridine rings is 1. The van der Waals surface area contributed by atoms with Crippen LogP contribution in [0, 0.1) is 13.8 Å². The Morgan fingerprint density at radius 2 is 2.10 bits per heavy atom. The van der Waals surface area contributed by atoms with Crippen LogP contribution in [0.3, 0.4) is 0 Å². The summed E-state index contributed by atoms with van der Waals surface area (Å²) in [5.41, 5.74) is 6.65. The summed E-state index contributed by atoms with van der Waals surface area (Å²) >= 11 is 0. The van der Waals surface area contributed by atoms with Gasteiger partial charge in [0, 0.05) is 48.1 Å². The fraction of sp³-hybridized carbons (Fsp3) is 0.435. The van der Waals surface area contributed by atoms with E-state index in [9.17, 15) is 4.79 Å². The summed E-state index contributed by atoms with van der Waals surface area (Å²) in [6, 6.07) is 6.76. The first-order chi connectivity index (χ1) is 14.1. The maximum absolute atomic E-state index is 13.7. The molecule has 6 nitrogen and oxygen atoms in total. The highest BCUT2D eigenvalue weighted by molar-refractivity contribution is 5.96. The van der Waals surface area contributed by atoms with Crippen molar-refractivity contribution < 1.29 is 4.79 Å². The van der Waals surface area contributed by atoms with Gasteiger partial charge in [-0.1, -0.05) is 6.07 Å². The van der Waals surface area contributed by atoms with E-state index in [0.29, 0.717) is 6.04 Å². The monoisotopic (exact) mass is 389 g/mol. The van der Waals surface area contributed by atoms with Crippen molar-refractivity contribution in [1.82, 2.24) is 24.6 Å². The number of carbonyl (C=O) groups excluding carboxylic acids is 1. The number of hydrogen-bond donors (Lipinski definition) is 1. The normalized spacial score (nSPS) is 18.5. The zero-order valence-corrected chi connectivity index (χ0v) is 17.1. The lowest BCUT2D eigenvalue weighted by Crippen LogP contribution is -2.45. The molecular weight excluding hydrogens is 362 g/mol. The molecule has 1 N–H and O–H groups in total. The van der Waals surface area contributed by atoms with Crippen LogP contribution in [-0.2, 0) is 19.4 Å². The van der Waals surface area contributed by atoms with E-state index in [1.54, 1.807) is 6.20 Å². The first kappa shape index (κ1) is 18.2. The van der Waals surface area contributed by atoms with E-state index in [4.69, 9.17) is 0 Å². The predicted octanol–water partition coefficient (Wildman–Crippen LogP) is 3.43. The number of nitrogens with one attached hydrogen (secondary N) is 1. The fourth-order valence-corrected chi connectivity index (χ4v) is 4.69. The third-order valence-corrected chi connectivity index (χ3v) is 6.43. The van der Waals surface area contributed by atoms with Gasteiger partial charge in [0.05, 0.1) is 11.8 Å². The fourth-order valence-electron chi connectivity index (χ4n) is 4.69. The molecule has 1 saturated carbocycles. The minimum absolute atomic E-state index is 0.190. The highest BCUT2D eigenvalue weighted by Crippen LogP contribution is 2.35. The molecule has 2 aliphatic rings. The third-order valence-electron chi connectivity index (χ3n) is 6.43. The molecular formula is C23H27N5O. The van der Waals surface area contributed by atoms with Gasteiger partial charge in [0.1, 0.15) is 0 Å². The number of aromatic nitrogens is 4. The minimum atomic E-state index is 0.190. The molecule has 3 heterocycles. The van der Waals surface area contributed by atoms with Crippen LogP contribution in [0.1, 0.15) is 57.8 Å². The summed E-state index contributed by atoms with van der Waals surface area (Å²) in [6.45, 7) is 4.89. The van der Waals surface area contributed by atoms with Crippen LogP contribution in [0.4, 0.5) is 0 Å². The molecule has 1 unspecified atom stereocenters. The van der Waals surface area contributed by atoms with E-state index in [0.717, 1.165) is 61.2 Å². The van der Waals surface area contributed by atoms with Crippen molar-refractivity contribution in [1.29, 1.82) is 0 Å². The number of fused-ring (bicyclic) bond motifs is 1. The van der Waals surface area contributed by atoms with Crippen LogP contribution in [-0.4, -0.2) is 42.6 Å². The van der Waals surface area contributed by atoms with Crippen LogP contribution in [0.5, 0.6) is 0 Å². The molecule has 0 saturated heterocycles. The third kappa shape index (κ3) is 3.37. The molecule has 6 heteroatoms. The zero-order chi connectivity index (χ0) is 20.0. The Morgan fingerprint density at radius 1 is 1.24 bits per heavy atom. The molecule has 3 aromatic rings. The minimum Gasteiger partial charge on any atom is -0.344 e. The van der Waals surface area contributed by atoms with E-state index >= 15 is 0 Å². The molecule has 1 atom stereocenters. The van der Waals surface area contributed by atoms with E-state index < -0.39 is 0 Å². The number of rotatable bonds is 5. The molecule has 1 fully saturated rings. The quantitative estimate of drug-likeness (QED) is 0.727. The number of hydrogen-bond acceptors (Lipinski definition) is 3. The molecule has 0 aromatic carbocycles. The van der Waals surface area contributed by atoms with E-state index in [2.05, 4.69) is 50.6 Å². The second-order valence-corrected chi connectivity index (χ2v) is 8.45. The summed E-state index contributed by atoms with van der Waals surface area (Å²) < 4.78 is 2.23. The molecule has 0 bridgehead atoms. The number of amides is 1. The molecule has 1 amide bonds. The smallest absolute Gasteiger partial charge is 0.256 e. The Bertz CT molecular complexity index is 1030. The molecule has 0 aliphatic heterocycles. The lowest BCUT2D eigenvalue weighted by Gasteiger charge is -2.34. The Kier molecular flexibility index (Phi) is 4.49. The Morgan fingerprint density at radius 3 is 2.86 bits per heavy atom. The lowest BCUT2D eigenvalue weighted by molar-refractivity contribution is 0.0642. The molecule has 5 rings (SSSR count). The van der Waals surface area contributed by atoms with Crippen LogP contribution < -0.4 is 0 Å². The average Bonchev–Trinajstić information content (AvgIpc) is 3.38. The predicted molar refractivity (Wildman–Crippen MR) is 111 cm³/mol. The van der Waals surface area contributed by atoms with Crippen molar-refractivity contribution in [2.24, 2.45) is 0 Å². The average molecular weight is 390 g/mol.